The highest BCUT2D eigenvalue weighted by Crippen LogP contribution is 2.33. The van der Waals surface area contributed by atoms with Gasteiger partial charge in [0.25, 0.3) is 0 Å². The van der Waals surface area contributed by atoms with Gasteiger partial charge in [-0.3, -0.25) is 0 Å². The lowest BCUT2D eigenvalue weighted by Gasteiger charge is -2.14. The lowest BCUT2D eigenvalue weighted by Crippen LogP contribution is -2.03. The number of aliphatic hydroxyl groups excluding tert-OH is 1. The second kappa shape index (κ2) is 5.91. The maximum Gasteiger partial charge on any atom is 0.169 e. The van der Waals surface area contributed by atoms with Gasteiger partial charge in [0, 0.05) is 10.0 Å². The van der Waals surface area contributed by atoms with Gasteiger partial charge in [-0.25, -0.2) is 0 Å². The molecule has 0 saturated carbocycles. The molecule has 2 rings (SSSR count). The summed E-state index contributed by atoms with van der Waals surface area (Å²) in [5, 5.41) is 10.3. The van der Waals surface area contributed by atoms with Crippen LogP contribution in [0.4, 0.5) is 0 Å². The molecular weight excluding hydrogens is 364 g/mol. The molecular formula is C13H12Br2O3. The van der Waals surface area contributed by atoms with Crippen molar-refractivity contribution in [2.75, 3.05) is 6.61 Å². The largest absolute Gasteiger partial charge is 0.493 e. The molecule has 0 fully saturated rings. The van der Waals surface area contributed by atoms with E-state index in [1.54, 1.807) is 12.1 Å². The molecule has 3 nitrogen and oxygen atoms in total. The van der Waals surface area contributed by atoms with Crippen molar-refractivity contribution in [2.24, 2.45) is 0 Å². The first-order valence-electron chi connectivity index (χ1n) is 5.47. The molecule has 2 aromatic rings. The predicted molar refractivity (Wildman–Crippen MR) is 75.8 cm³/mol. The number of hydrogen-bond acceptors (Lipinski definition) is 3. The molecule has 0 spiro atoms. The zero-order chi connectivity index (χ0) is 13.1. The highest BCUT2D eigenvalue weighted by Gasteiger charge is 2.19. The molecule has 0 aliphatic heterocycles. The Balaban J connectivity index is 2.39. The number of halogens is 2. The number of aliphatic hydroxyl groups is 1. The van der Waals surface area contributed by atoms with Crippen LogP contribution in [0.3, 0.4) is 0 Å². The summed E-state index contributed by atoms with van der Waals surface area (Å²) in [5.41, 5.74) is 0.674. The molecule has 18 heavy (non-hydrogen) atoms. The summed E-state index contributed by atoms with van der Waals surface area (Å²) < 4.78 is 12.3. The average molecular weight is 376 g/mol. The summed E-state index contributed by atoms with van der Waals surface area (Å²) in [7, 11) is 0. The molecule has 0 aliphatic rings. The van der Waals surface area contributed by atoms with Gasteiger partial charge >= 0.3 is 0 Å². The molecule has 0 radical (unpaired) electrons. The van der Waals surface area contributed by atoms with E-state index in [2.05, 4.69) is 31.9 Å². The molecule has 1 heterocycles. The quantitative estimate of drug-likeness (QED) is 0.866. The van der Waals surface area contributed by atoms with Crippen molar-refractivity contribution < 1.29 is 14.3 Å². The summed E-state index contributed by atoms with van der Waals surface area (Å²) in [6.07, 6.45) is -0.852. The van der Waals surface area contributed by atoms with Gasteiger partial charge in [-0.2, -0.15) is 0 Å². The first-order valence-corrected chi connectivity index (χ1v) is 7.06. The zero-order valence-electron chi connectivity index (χ0n) is 9.69. The van der Waals surface area contributed by atoms with Gasteiger partial charge in [-0.05, 0) is 53.2 Å². The van der Waals surface area contributed by atoms with Crippen molar-refractivity contribution in [1.82, 2.24) is 0 Å². The van der Waals surface area contributed by atoms with Crippen molar-refractivity contribution >= 4 is 31.9 Å². The molecule has 1 unspecified atom stereocenters. The average Bonchev–Trinajstić information content (AvgIpc) is 2.77. The van der Waals surface area contributed by atoms with E-state index in [0.29, 0.717) is 28.3 Å². The normalized spacial score (nSPS) is 12.4. The van der Waals surface area contributed by atoms with Crippen LogP contribution in [0.15, 0.2) is 43.9 Å². The maximum absolute atomic E-state index is 10.3. The minimum Gasteiger partial charge on any atom is -0.493 e. The first kappa shape index (κ1) is 13.6. The number of ether oxygens (including phenoxy) is 1. The van der Waals surface area contributed by atoms with E-state index in [9.17, 15) is 5.11 Å². The van der Waals surface area contributed by atoms with Gasteiger partial charge in [0.1, 0.15) is 17.6 Å². The van der Waals surface area contributed by atoms with Crippen LogP contribution in [-0.2, 0) is 0 Å². The summed E-state index contributed by atoms with van der Waals surface area (Å²) in [6.45, 7) is 2.45. The SMILES string of the molecule is CCOc1ccc(Br)cc1C(O)c1ccc(Br)o1. The van der Waals surface area contributed by atoms with Crippen LogP contribution in [-0.4, -0.2) is 11.7 Å². The van der Waals surface area contributed by atoms with Crippen molar-refractivity contribution in [3.8, 4) is 5.75 Å². The van der Waals surface area contributed by atoms with Gasteiger partial charge < -0.3 is 14.3 Å². The van der Waals surface area contributed by atoms with E-state index in [1.165, 1.54) is 0 Å². The molecule has 1 N–H and O–H groups in total. The number of furan rings is 1. The molecule has 0 amide bonds. The number of benzene rings is 1. The number of rotatable bonds is 4. The van der Waals surface area contributed by atoms with Crippen molar-refractivity contribution in [2.45, 2.75) is 13.0 Å². The minimum atomic E-state index is -0.852. The summed E-state index contributed by atoms with van der Waals surface area (Å²) in [5.74, 6) is 1.13. The van der Waals surface area contributed by atoms with E-state index in [0.717, 1.165) is 4.47 Å². The molecule has 0 saturated heterocycles. The molecule has 96 valence electrons. The molecule has 1 aromatic heterocycles. The van der Waals surface area contributed by atoms with E-state index in [-0.39, 0.29) is 0 Å². The molecule has 5 heteroatoms. The Morgan fingerprint density at radius 1 is 1.28 bits per heavy atom. The maximum atomic E-state index is 10.3. The highest BCUT2D eigenvalue weighted by atomic mass is 79.9. The fourth-order valence-corrected chi connectivity index (χ4v) is 2.35. The van der Waals surface area contributed by atoms with E-state index < -0.39 is 6.10 Å². The Morgan fingerprint density at radius 2 is 2.06 bits per heavy atom. The Hall–Kier alpha value is -0.780. The molecule has 1 aromatic carbocycles. The summed E-state index contributed by atoms with van der Waals surface area (Å²) in [6, 6.07) is 9.00. The first-order chi connectivity index (χ1) is 8.61. The fourth-order valence-electron chi connectivity index (χ4n) is 1.65. The number of hydrogen-bond donors (Lipinski definition) is 1. The predicted octanol–water partition coefficient (Wildman–Crippen LogP) is 4.29. The van der Waals surface area contributed by atoms with Gasteiger partial charge in [0.2, 0.25) is 0 Å². The molecule has 1 atom stereocenters. The Kier molecular flexibility index (Phi) is 4.48. The third kappa shape index (κ3) is 2.96. The lowest BCUT2D eigenvalue weighted by molar-refractivity contribution is 0.181. The van der Waals surface area contributed by atoms with Gasteiger partial charge in [0.15, 0.2) is 4.67 Å². The fraction of sp³-hybridized carbons (Fsp3) is 0.231. The second-order valence-electron chi connectivity index (χ2n) is 3.66. The van der Waals surface area contributed by atoms with Crippen LogP contribution in [0.2, 0.25) is 0 Å². The van der Waals surface area contributed by atoms with Crippen LogP contribution in [0, 0.1) is 0 Å². The van der Waals surface area contributed by atoms with Crippen LogP contribution >= 0.6 is 31.9 Å². The van der Waals surface area contributed by atoms with Crippen molar-refractivity contribution in [3.63, 3.8) is 0 Å². The Labute approximate surface area is 122 Å². The Morgan fingerprint density at radius 3 is 2.67 bits per heavy atom. The van der Waals surface area contributed by atoms with Gasteiger partial charge in [-0.1, -0.05) is 15.9 Å². The molecule has 0 aliphatic carbocycles. The molecule has 0 bridgehead atoms. The van der Waals surface area contributed by atoms with Crippen molar-refractivity contribution in [1.29, 1.82) is 0 Å². The zero-order valence-corrected chi connectivity index (χ0v) is 12.9. The summed E-state index contributed by atoms with van der Waals surface area (Å²) in [4.78, 5) is 0. The van der Waals surface area contributed by atoms with E-state index in [1.807, 2.05) is 25.1 Å². The van der Waals surface area contributed by atoms with Gasteiger partial charge in [-0.15, -0.1) is 0 Å². The van der Waals surface area contributed by atoms with Crippen LogP contribution in [0.5, 0.6) is 5.75 Å². The minimum absolute atomic E-state index is 0.473. The monoisotopic (exact) mass is 374 g/mol. The second-order valence-corrected chi connectivity index (χ2v) is 5.36. The smallest absolute Gasteiger partial charge is 0.169 e. The van der Waals surface area contributed by atoms with Crippen LogP contribution in [0.25, 0.3) is 0 Å². The van der Waals surface area contributed by atoms with Crippen LogP contribution in [0.1, 0.15) is 24.4 Å². The van der Waals surface area contributed by atoms with E-state index >= 15 is 0 Å². The third-order valence-electron chi connectivity index (χ3n) is 2.43. The van der Waals surface area contributed by atoms with Crippen LogP contribution < -0.4 is 4.74 Å². The lowest BCUT2D eigenvalue weighted by atomic mass is 10.1. The third-order valence-corrected chi connectivity index (χ3v) is 3.35. The highest BCUT2D eigenvalue weighted by molar-refractivity contribution is 9.10. The van der Waals surface area contributed by atoms with Crippen molar-refractivity contribution in [3.05, 3.63) is 50.8 Å². The van der Waals surface area contributed by atoms with E-state index in [4.69, 9.17) is 9.15 Å². The Bertz CT molecular complexity index is 537. The standard InChI is InChI=1S/C13H12Br2O3/c1-2-17-10-4-3-8(14)7-9(10)13(16)11-5-6-12(15)18-11/h3-7,13,16H,2H2,1H3. The topological polar surface area (TPSA) is 42.6 Å². The van der Waals surface area contributed by atoms with Gasteiger partial charge in [0.05, 0.1) is 6.61 Å². The summed E-state index contributed by atoms with van der Waals surface area (Å²) >= 11 is 6.61.